The average Bonchev–Trinajstić information content (AvgIpc) is 3.36. The maximum Gasteiger partial charge on any atom is 0.126 e. The highest BCUT2D eigenvalue weighted by Gasteiger charge is 2.33. The van der Waals surface area contributed by atoms with Crippen LogP contribution in [-0.2, 0) is 0 Å². The number of aromatic hydroxyl groups is 1. The van der Waals surface area contributed by atoms with Crippen LogP contribution in [-0.4, -0.2) is 42.9 Å². The Morgan fingerprint density at radius 1 is 0.906 bits per heavy atom. The quantitative estimate of drug-likeness (QED) is 0.499. The summed E-state index contributed by atoms with van der Waals surface area (Å²) in [4.78, 5) is 2.52. The first-order chi connectivity index (χ1) is 15.8. The molecule has 4 nitrogen and oxygen atoms in total. The number of hydrogen-bond acceptors (Lipinski definition) is 4. The van der Waals surface area contributed by atoms with Crippen molar-refractivity contribution in [3.63, 3.8) is 0 Å². The molecule has 1 N–H and O–H groups in total. The molecule has 1 saturated heterocycles. The Bertz CT molecular complexity index is 1010. The molecule has 2 heterocycles. The van der Waals surface area contributed by atoms with Crippen molar-refractivity contribution in [1.29, 1.82) is 0 Å². The topological polar surface area (TPSA) is 41.9 Å². The summed E-state index contributed by atoms with van der Waals surface area (Å²) in [5.74, 6) is 2.29. The molecular formula is C28H31NO3. The van der Waals surface area contributed by atoms with Crippen LogP contribution < -0.4 is 9.47 Å². The fraction of sp³-hybridized carbons (Fsp3) is 0.357. The Balaban J connectivity index is 1.33. The van der Waals surface area contributed by atoms with Crippen LogP contribution in [0.2, 0.25) is 0 Å². The summed E-state index contributed by atoms with van der Waals surface area (Å²) in [6.07, 6.45) is 3.73. The number of phenols is 1. The van der Waals surface area contributed by atoms with Crippen molar-refractivity contribution < 1.29 is 14.6 Å². The van der Waals surface area contributed by atoms with E-state index in [4.69, 9.17) is 9.47 Å². The van der Waals surface area contributed by atoms with Crippen LogP contribution in [0, 0.1) is 0 Å². The average molecular weight is 430 g/mol. The monoisotopic (exact) mass is 429 g/mol. The molecule has 0 aromatic heterocycles. The molecule has 0 spiro atoms. The van der Waals surface area contributed by atoms with Gasteiger partial charge in [-0.2, -0.15) is 0 Å². The third-order valence-electron chi connectivity index (χ3n) is 6.71. The van der Waals surface area contributed by atoms with Crippen molar-refractivity contribution in [2.75, 3.05) is 32.8 Å². The van der Waals surface area contributed by atoms with Crippen LogP contribution in [0.15, 0.2) is 72.8 Å². The molecule has 0 unspecified atom stereocenters. The van der Waals surface area contributed by atoms with Crippen LogP contribution in [0.4, 0.5) is 0 Å². The molecule has 166 valence electrons. The zero-order chi connectivity index (χ0) is 21.8. The SMILES string of the molecule is Oc1ccc2c(c1)OC[C@@H](c1ccccc1)[C@@H]2c1ccc(OCCCN2CCCC2)cc1. The largest absolute Gasteiger partial charge is 0.508 e. The zero-order valence-corrected chi connectivity index (χ0v) is 18.5. The van der Waals surface area contributed by atoms with E-state index >= 15 is 0 Å². The molecule has 2 atom stereocenters. The van der Waals surface area contributed by atoms with E-state index in [9.17, 15) is 5.11 Å². The van der Waals surface area contributed by atoms with E-state index in [2.05, 4.69) is 53.4 Å². The normalized spacial score (nSPS) is 20.5. The Labute approximate surface area is 190 Å². The smallest absolute Gasteiger partial charge is 0.126 e. The lowest BCUT2D eigenvalue weighted by atomic mass is 9.76. The van der Waals surface area contributed by atoms with Crippen molar-refractivity contribution in [2.45, 2.75) is 31.1 Å². The first-order valence-electron chi connectivity index (χ1n) is 11.7. The van der Waals surface area contributed by atoms with Crippen LogP contribution in [0.25, 0.3) is 0 Å². The van der Waals surface area contributed by atoms with Gasteiger partial charge in [0.05, 0.1) is 13.2 Å². The number of likely N-dealkylation sites (tertiary alicyclic amines) is 1. The van der Waals surface area contributed by atoms with E-state index in [0.717, 1.165) is 36.6 Å². The van der Waals surface area contributed by atoms with Crippen molar-refractivity contribution in [2.24, 2.45) is 0 Å². The number of ether oxygens (including phenoxy) is 2. The van der Waals surface area contributed by atoms with Gasteiger partial charge in [-0.25, -0.2) is 0 Å². The molecule has 5 rings (SSSR count). The fourth-order valence-electron chi connectivity index (χ4n) is 5.05. The van der Waals surface area contributed by atoms with Crippen LogP contribution in [0.5, 0.6) is 17.2 Å². The summed E-state index contributed by atoms with van der Waals surface area (Å²) in [6.45, 7) is 4.94. The predicted molar refractivity (Wildman–Crippen MR) is 127 cm³/mol. The van der Waals surface area contributed by atoms with Gasteiger partial charge < -0.3 is 19.5 Å². The molecule has 0 aliphatic carbocycles. The Kier molecular flexibility index (Phi) is 6.31. The van der Waals surface area contributed by atoms with Gasteiger partial charge in [0.2, 0.25) is 0 Å². The summed E-state index contributed by atoms with van der Waals surface area (Å²) in [5.41, 5.74) is 3.61. The molecule has 0 amide bonds. The molecule has 4 heteroatoms. The van der Waals surface area contributed by atoms with E-state index in [1.54, 1.807) is 12.1 Å². The number of nitrogens with zero attached hydrogens (tertiary/aromatic N) is 1. The molecule has 0 bridgehead atoms. The van der Waals surface area contributed by atoms with Crippen LogP contribution in [0.1, 0.15) is 47.8 Å². The highest BCUT2D eigenvalue weighted by molar-refractivity contribution is 5.50. The van der Waals surface area contributed by atoms with E-state index < -0.39 is 0 Å². The van der Waals surface area contributed by atoms with Gasteiger partial charge in [-0.3, -0.25) is 0 Å². The summed E-state index contributed by atoms with van der Waals surface area (Å²) >= 11 is 0. The van der Waals surface area contributed by atoms with E-state index in [1.165, 1.54) is 37.1 Å². The number of rotatable bonds is 7. The van der Waals surface area contributed by atoms with Crippen molar-refractivity contribution in [3.05, 3.63) is 89.5 Å². The van der Waals surface area contributed by atoms with Gasteiger partial charge in [0.1, 0.15) is 17.2 Å². The lowest BCUT2D eigenvalue weighted by Crippen LogP contribution is -2.25. The minimum absolute atomic E-state index is 0.158. The van der Waals surface area contributed by atoms with Crippen molar-refractivity contribution in [3.8, 4) is 17.2 Å². The Morgan fingerprint density at radius 2 is 1.69 bits per heavy atom. The van der Waals surface area contributed by atoms with Crippen LogP contribution in [0.3, 0.4) is 0 Å². The molecule has 3 aromatic rings. The molecule has 2 aliphatic rings. The first kappa shape index (κ1) is 20.9. The molecule has 1 fully saturated rings. The van der Waals surface area contributed by atoms with Gasteiger partial charge in [-0.1, -0.05) is 48.5 Å². The van der Waals surface area contributed by atoms with E-state index in [-0.39, 0.29) is 17.6 Å². The number of hydrogen-bond donors (Lipinski definition) is 1. The minimum atomic E-state index is 0.158. The second-order valence-electron chi connectivity index (χ2n) is 8.85. The summed E-state index contributed by atoms with van der Waals surface area (Å²) in [7, 11) is 0. The highest BCUT2D eigenvalue weighted by Crippen LogP contribution is 2.47. The summed E-state index contributed by atoms with van der Waals surface area (Å²) in [5, 5.41) is 9.94. The third kappa shape index (κ3) is 4.61. The fourth-order valence-corrected chi connectivity index (χ4v) is 5.05. The lowest BCUT2D eigenvalue weighted by Gasteiger charge is -2.34. The molecule has 32 heavy (non-hydrogen) atoms. The first-order valence-corrected chi connectivity index (χ1v) is 11.7. The zero-order valence-electron chi connectivity index (χ0n) is 18.5. The van der Waals surface area contributed by atoms with Gasteiger partial charge in [0.25, 0.3) is 0 Å². The van der Waals surface area contributed by atoms with E-state index in [0.29, 0.717) is 6.61 Å². The molecule has 0 radical (unpaired) electrons. The van der Waals surface area contributed by atoms with Crippen molar-refractivity contribution in [1.82, 2.24) is 4.90 Å². The molecule has 0 saturated carbocycles. The lowest BCUT2D eigenvalue weighted by molar-refractivity contribution is 0.247. The maximum atomic E-state index is 9.94. The second kappa shape index (κ2) is 9.66. The Morgan fingerprint density at radius 3 is 2.47 bits per heavy atom. The molecular weight excluding hydrogens is 398 g/mol. The van der Waals surface area contributed by atoms with Gasteiger partial charge in [-0.15, -0.1) is 0 Å². The number of benzene rings is 3. The third-order valence-corrected chi connectivity index (χ3v) is 6.71. The van der Waals surface area contributed by atoms with Crippen molar-refractivity contribution >= 4 is 0 Å². The predicted octanol–water partition coefficient (Wildman–Crippen LogP) is 5.57. The van der Waals surface area contributed by atoms with Gasteiger partial charge in [0.15, 0.2) is 0 Å². The highest BCUT2D eigenvalue weighted by atomic mass is 16.5. The standard InChI is InChI=1S/C28H31NO3/c30-23-11-14-25-27(19-23)32-20-26(21-7-2-1-3-8-21)28(25)22-9-12-24(13-10-22)31-18-6-17-29-15-4-5-16-29/h1-3,7-14,19,26,28,30H,4-6,15-18,20H2/t26-,28+/m0/s1. The minimum Gasteiger partial charge on any atom is -0.508 e. The number of phenolic OH excluding ortho intramolecular Hbond substituents is 1. The molecule has 3 aromatic carbocycles. The molecule has 2 aliphatic heterocycles. The maximum absolute atomic E-state index is 9.94. The second-order valence-corrected chi connectivity index (χ2v) is 8.85. The summed E-state index contributed by atoms with van der Waals surface area (Å²) in [6, 6.07) is 24.5. The van der Waals surface area contributed by atoms with Gasteiger partial charge >= 0.3 is 0 Å². The van der Waals surface area contributed by atoms with Gasteiger partial charge in [0, 0.05) is 30.0 Å². The summed E-state index contributed by atoms with van der Waals surface area (Å²) < 4.78 is 12.1. The number of fused-ring (bicyclic) bond motifs is 1. The van der Waals surface area contributed by atoms with Gasteiger partial charge in [-0.05, 0) is 61.7 Å². The Hall–Kier alpha value is -2.98. The van der Waals surface area contributed by atoms with E-state index in [1.807, 2.05) is 12.1 Å². The van der Waals surface area contributed by atoms with Crippen LogP contribution >= 0.6 is 0 Å².